The van der Waals surface area contributed by atoms with Gasteiger partial charge in [0.25, 0.3) is 0 Å². The van der Waals surface area contributed by atoms with Crippen molar-refractivity contribution in [2.24, 2.45) is 0 Å². The summed E-state index contributed by atoms with van der Waals surface area (Å²) >= 11 is 0. The second-order valence-corrected chi connectivity index (χ2v) is 6.72. The lowest BCUT2D eigenvalue weighted by atomic mass is 10.1. The lowest BCUT2D eigenvalue weighted by molar-refractivity contribution is -0.116. The van der Waals surface area contributed by atoms with Crippen molar-refractivity contribution in [3.63, 3.8) is 0 Å². The van der Waals surface area contributed by atoms with Gasteiger partial charge < -0.3 is 5.32 Å². The van der Waals surface area contributed by atoms with Crippen LogP contribution in [-0.2, 0) is 21.1 Å². The van der Waals surface area contributed by atoms with E-state index in [0.29, 0.717) is 6.42 Å². The Labute approximate surface area is 133 Å². The predicted octanol–water partition coefficient (Wildman–Crippen LogP) is 3.25. The van der Waals surface area contributed by atoms with Gasteiger partial charge in [-0.05, 0) is 24.1 Å². The lowest BCUT2D eigenvalue weighted by Crippen LogP contribution is -2.18. The Morgan fingerprint density at radius 1 is 1.00 bits per heavy atom. The molecule has 0 saturated heterocycles. The smallest absolute Gasteiger partial charge is 0.325 e. The van der Waals surface area contributed by atoms with Crippen molar-refractivity contribution < 1.29 is 22.0 Å². The molecule has 0 unspecified atom stereocenters. The van der Waals surface area contributed by atoms with Gasteiger partial charge in [-0.25, -0.2) is 8.42 Å². The summed E-state index contributed by atoms with van der Waals surface area (Å²) in [6.07, 6.45) is 0.587. The molecule has 1 amide bonds. The van der Waals surface area contributed by atoms with Gasteiger partial charge in [-0.1, -0.05) is 42.5 Å². The summed E-state index contributed by atoms with van der Waals surface area (Å²) in [5.41, 5.74) is 0.821. The first-order valence-corrected chi connectivity index (χ1v) is 8.41. The Balaban J connectivity index is 2.10. The van der Waals surface area contributed by atoms with E-state index in [1.54, 1.807) is 0 Å². The third-order valence-corrected chi connectivity index (χ3v) is 4.62. The van der Waals surface area contributed by atoms with Crippen LogP contribution in [0.5, 0.6) is 0 Å². The number of nitrogens with one attached hydrogen (secondary N) is 1. The maximum absolute atomic E-state index is 12.7. The van der Waals surface area contributed by atoms with Crippen molar-refractivity contribution in [2.75, 3.05) is 5.32 Å². The molecule has 7 heteroatoms. The number of para-hydroxylation sites is 1. The molecular weight excluding hydrogens is 324 g/mol. The molecule has 0 aliphatic rings. The molecule has 0 heterocycles. The van der Waals surface area contributed by atoms with E-state index in [4.69, 9.17) is 0 Å². The van der Waals surface area contributed by atoms with Crippen molar-refractivity contribution in [2.45, 2.75) is 23.5 Å². The third kappa shape index (κ3) is 4.35. The van der Waals surface area contributed by atoms with Crippen LogP contribution in [0.25, 0.3) is 0 Å². The van der Waals surface area contributed by atoms with Crippen LogP contribution in [0.2, 0.25) is 0 Å². The molecule has 0 aliphatic carbocycles. The van der Waals surface area contributed by atoms with Gasteiger partial charge in [-0.15, -0.1) is 0 Å². The number of alkyl halides is 2. The molecule has 23 heavy (non-hydrogen) atoms. The highest BCUT2D eigenvalue weighted by Crippen LogP contribution is 2.26. The molecule has 0 spiro atoms. The second-order valence-electron chi connectivity index (χ2n) is 4.84. The molecule has 2 aromatic rings. The number of sulfone groups is 1. The Kier molecular flexibility index (Phi) is 5.44. The molecule has 0 atom stereocenters. The van der Waals surface area contributed by atoms with E-state index in [1.165, 1.54) is 18.2 Å². The maximum atomic E-state index is 12.7. The van der Waals surface area contributed by atoms with E-state index in [-0.39, 0.29) is 12.1 Å². The number of aryl methyl sites for hydroxylation is 1. The van der Waals surface area contributed by atoms with Gasteiger partial charge in [0.1, 0.15) is 0 Å². The molecule has 0 aromatic heterocycles. The molecular formula is C16H15F2NO3S. The van der Waals surface area contributed by atoms with Crippen LogP contribution in [0.4, 0.5) is 14.5 Å². The summed E-state index contributed by atoms with van der Waals surface area (Å²) in [5.74, 6) is -3.98. The molecule has 1 N–H and O–H groups in total. The SMILES string of the molecule is O=C(CCc1ccccc1)Nc1ccccc1S(=O)(=O)C(F)F. The summed E-state index contributed by atoms with van der Waals surface area (Å²) in [4.78, 5) is 11.4. The first-order chi connectivity index (χ1) is 10.9. The molecule has 4 nitrogen and oxygen atoms in total. The first-order valence-electron chi connectivity index (χ1n) is 6.86. The molecule has 0 aliphatic heterocycles. The van der Waals surface area contributed by atoms with Crippen LogP contribution in [-0.4, -0.2) is 20.1 Å². The normalized spacial score (nSPS) is 11.4. The monoisotopic (exact) mass is 339 g/mol. The van der Waals surface area contributed by atoms with Gasteiger partial charge in [0.2, 0.25) is 15.7 Å². The predicted molar refractivity (Wildman–Crippen MR) is 83.0 cm³/mol. The summed E-state index contributed by atoms with van der Waals surface area (Å²) < 4.78 is 48.6. The van der Waals surface area contributed by atoms with E-state index in [0.717, 1.165) is 11.6 Å². The fourth-order valence-corrected chi connectivity index (χ4v) is 2.92. The number of benzene rings is 2. The molecule has 122 valence electrons. The quantitative estimate of drug-likeness (QED) is 0.879. The molecule has 2 aromatic carbocycles. The number of carbonyl (C=O) groups is 1. The van der Waals surface area contributed by atoms with Gasteiger partial charge in [0.05, 0.1) is 10.6 Å². The number of hydrogen-bond acceptors (Lipinski definition) is 3. The highest BCUT2D eigenvalue weighted by Gasteiger charge is 2.29. The van der Waals surface area contributed by atoms with E-state index in [9.17, 15) is 22.0 Å². The number of amides is 1. The van der Waals surface area contributed by atoms with Crippen molar-refractivity contribution in [1.29, 1.82) is 0 Å². The van der Waals surface area contributed by atoms with E-state index in [2.05, 4.69) is 5.32 Å². The molecule has 2 rings (SSSR count). The molecule has 0 radical (unpaired) electrons. The highest BCUT2D eigenvalue weighted by atomic mass is 32.2. The highest BCUT2D eigenvalue weighted by molar-refractivity contribution is 7.91. The van der Waals surface area contributed by atoms with Gasteiger partial charge in [-0.3, -0.25) is 4.79 Å². The summed E-state index contributed by atoms with van der Waals surface area (Å²) in [7, 11) is -4.77. The van der Waals surface area contributed by atoms with Gasteiger partial charge in [0, 0.05) is 6.42 Å². The Morgan fingerprint density at radius 2 is 1.61 bits per heavy atom. The number of hydrogen-bond donors (Lipinski definition) is 1. The zero-order chi connectivity index (χ0) is 16.9. The van der Waals surface area contributed by atoms with Crippen molar-refractivity contribution in [3.8, 4) is 0 Å². The Hall–Kier alpha value is -2.28. The average Bonchev–Trinajstić information content (AvgIpc) is 2.54. The fourth-order valence-electron chi connectivity index (χ4n) is 2.03. The van der Waals surface area contributed by atoms with Crippen molar-refractivity contribution in [3.05, 3.63) is 60.2 Å². The number of halogens is 2. The summed E-state index contributed by atoms with van der Waals surface area (Å²) in [5, 5.41) is 2.39. The van der Waals surface area contributed by atoms with Gasteiger partial charge in [0.15, 0.2) is 0 Å². The Morgan fingerprint density at radius 3 is 2.26 bits per heavy atom. The first kappa shape index (κ1) is 17.1. The van der Waals surface area contributed by atoms with E-state index >= 15 is 0 Å². The fraction of sp³-hybridized carbons (Fsp3) is 0.188. The largest absolute Gasteiger partial charge is 0.341 e. The summed E-state index contributed by atoms with van der Waals surface area (Å²) in [6.45, 7) is 0. The minimum absolute atomic E-state index is 0.118. The van der Waals surface area contributed by atoms with Crippen molar-refractivity contribution in [1.82, 2.24) is 0 Å². The van der Waals surface area contributed by atoms with Crippen LogP contribution in [0, 0.1) is 0 Å². The Bertz CT molecular complexity index is 777. The zero-order valence-electron chi connectivity index (χ0n) is 12.1. The van der Waals surface area contributed by atoms with E-state index in [1.807, 2.05) is 30.3 Å². The average molecular weight is 339 g/mol. The third-order valence-electron chi connectivity index (χ3n) is 3.19. The van der Waals surface area contributed by atoms with Gasteiger partial charge >= 0.3 is 5.76 Å². The second kappa shape index (κ2) is 7.32. The van der Waals surface area contributed by atoms with Crippen LogP contribution in [0.1, 0.15) is 12.0 Å². The van der Waals surface area contributed by atoms with Crippen LogP contribution < -0.4 is 5.32 Å². The van der Waals surface area contributed by atoms with Gasteiger partial charge in [-0.2, -0.15) is 8.78 Å². The number of anilines is 1. The standard InChI is InChI=1S/C16H15F2NO3S/c17-16(18)23(21,22)14-9-5-4-8-13(14)19-15(20)11-10-12-6-2-1-3-7-12/h1-9,16H,10-11H2,(H,19,20). The summed E-state index contributed by atoms with van der Waals surface area (Å²) in [6, 6.07) is 14.4. The lowest BCUT2D eigenvalue weighted by Gasteiger charge is -2.11. The minimum Gasteiger partial charge on any atom is -0.325 e. The molecule has 0 saturated carbocycles. The minimum atomic E-state index is -4.77. The van der Waals surface area contributed by atoms with Crippen molar-refractivity contribution >= 4 is 21.4 Å². The van der Waals surface area contributed by atoms with Crippen LogP contribution in [0.15, 0.2) is 59.5 Å². The van der Waals surface area contributed by atoms with E-state index < -0.39 is 26.4 Å². The molecule has 0 bridgehead atoms. The van der Waals surface area contributed by atoms with Crippen LogP contribution >= 0.6 is 0 Å². The molecule has 0 fully saturated rings. The number of carbonyl (C=O) groups excluding carboxylic acids is 1. The zero-order valence-corrected chi connectivity index (χ0v) is 12.9. The maximum Gasteiger partial charge on any atom is 0.341 e. The number of rotatable bonds is 6. The van der Waals surface area contributed by atoms with Crippen LogP contribution in [0.3, 0.4) is 0 Å². The topological polar surface area (TPSA) is 63.2 Å².